The minimum Gasteiger partial charge on any atom is -0.384 e. The standard InChI is InChI=1S/C48H56N10O9/c1-4-19-56-44(61)36-31-49-47(53-42(36)58(56)39-12-6-11-38(51-39)48(2,3)64)50-33-13-15-34(16-14-33)55-22-20-54(21-23-55)24-26-66-28-30-67-29-27-65-25-7-9-32-8-5-10-35-41(32)46(63)57(45(35)62)37-17-18-40(59)52-43(37)60/h4-6,8,10-16,31,37,64H,1,7,9,17-30H2,2-3H3,(H,49,50,53)(H,52,59,60). The number of rotatable bonds is 21. The molecule has 2 saturated heterocycles. The first kappa shape index (κ1) is 46.9. The highest BCUT2D eigenvalue weighted by Crippen LogP contribution is 2.31. The normalized spacial score (nSPS) is 16.8. The summed E-state index contributed by atoms with van der Waals surface area (Å²) in [4.78, 5) is 83.3. The number of carbonyl (C=O) groups is 4. The number of piperidine rings is 1. The number of aryl methyl sites for hydroxylation is 1. The van der Waals surface area contributed by atoms with Crippen molar-refractivity contribution in [3.05, 3.63) is 112 Å². The van der Waals surface area contributed by atoms with E-state index in [1.165, 1.54) is 10.9 Å². The van der Waals surface area contributed by atoms with Crippen molar-refractivity contribution in [2.45, 2.75) is 57.7 Å². The molecule has 3 N–H and O–H groups in total. The number of benzene rings is 2. The van der Waals surface area contributed by atoms with Gasteiger partial charge in [0.25, 0.3) is 17.4 Å². The van der Waals surface area contributed by atoms with E-state index in [2.05, 4.69) is 49.1 Å². The quantitative estimate of drug-likeness (QED) is 0.0547. The van der Waals surface area contributed by atoms with Gasteiger partial charge in [-0.1, -0.05) is 24.3 Å². The number of anilines is 3. The Kier molecular flexibility index (Phi) is 14.6. The van der Waals surface area contributed by atoms with Gasteiger partial charge in [0.05, 0.1) is 56.4 Å². The second kappa shape index (κ2) is 20.9. The van der Waals surface area contributed by atoms with Gasteiger partial charge in [0, 0.05) is 63.3 Å². The van der Waals surface area contributed by atoms with E-state index in [4.69, 9.17) is 19.2 Å². The van der Waals surface area contributed by atoms with Gasteiger partial charge in [-0.15, -0.1) is 6.58 Å². The van der Waals surface area contributed by atoms with Gasteiger partial charge in [-0.2, -0.15) is 4.98 Å². The fraction of sp³-hybridized carbons (Fsp3) is 0.417. The zero-order valence-electron chi connectivity index (χ0n) is 37.8. The van der Waals surface area contributed by atoms with Crippen LogP contribution < -0.4 is 21.1 Å². The Hall–Kier alpha value is -6.64. The molecule has 8 rings (SSSR count). The Balaban J connectivity index is 0.707. The largest absolute Gasteiger partial charge is 0.384 e. The Morgan fingerprint density at radius 1 is 0.866 bits per heavy atom. The molecule has 0 saturated carbocycles. The van der Waals surface area contributed by atoms with E-state index in [0.29, 0.717) is 86.5 Å². The Morgan fingerprint density at radius 2 is 1.58 bits per heavy atom. The van der Waals surface area contributed by atoms with Crippen molar-refractivity contribution in [1.29, 1.82) is 0 Å². The third-order valence-electron chi connectivity index (χ3n) is 12.0. The van der Waals surface area contributed by atoms with Crippen LogP contribution in [-0.4, -0.2) is 141 Å². The van der Waals surface area contributed by atoms with E-state index in [1.54, 1.807) is 54.9 Å². The summed E-state index contributed by atoms with van der Waals surface area (Å²) in [5, 5.41) is 16.4. The molecule has 0 radical (unpaired) electrons. The first-order valence-electron chi connectivity index (χ1n) is 22.6. The van der Waals surface area contributed by atoms with Crippen LogP contribution in [0.3, 0.4) is 0 Å². The maximum atomic E-state index is 13.4. The SMILES string of the molecule is C=CCn1c(=O)c2cnc(Nc3ccc(N4CCN(CCOCCOCCOCCCc5cccc6c5C(=O)N(C5CCC(=O)NC5=O)C6=O)CC4)cc3)nc2n1-c1cccc(C(C)(C)O)n1. The number of piperazine rings is 1. The van der Waals surface area contributed by atoms with Gasteiger partial charge in [0.2, 0.25) is 17.8 Å². The van der Waals surface area contributed by atoms with Gasteiger partial charge in [-0.3, -0.25) is 39.1 Å². The predicted octanol–water partition coefficient (Wildman–Crippen LogP) is 3.34. The van der Waals surface area contributed by atoms with Crippen molar-refractivity contribution in [2.75, 3.05) is 82.6 Å². The van der Waals surface area contributed by atoms with E-state index in [0.717, 1.165) is 54.6 Å². The number of hydrogen-bond donors (Lipinski definition) is 3. The second-order valence-corrected chi connectivity index (χ2v) is 17.1. The molecule has 5 aromatic rings. The third kappa shape index (κ3) is 10.7. The second-order valence-electron chi connectivity index (χ2n) is 17.1. The maximum Gasteiger partial charge on any atom is 0.278 e. The van der Waals surface area contributed by atoms with Crippen molar-refractivity contribution in [1.82, 2.24) is 39.4 Å². The topological polar surface area (TPSA) is 216 Å². The van der Waals surface area contributed by atoms with Gasteiger partial charge in [0.1, 0.15) is 17.0 Å². The van der Waals surface area contributed by atoms with Crippen LogP contribution in [0.4, 0.5) is 17.3 Å². The van der Waals surface area contributed by atoms with Gasteiger partial charge in [-0.05, 0) is 81.1 Å². The molecule has 3 aromatic heterocycles. The molecule has 1 unspecified atom stereocenters. The highest BCUT2D eigenvalue weighted by molar-refractivity contribution is 6.24. The molecule has 3 aliphatic heterocycles. The van der Waals surface area contributed by atoms with Gasteiger partial charge in [0.15, 0.2) is 11.5 Å². The number of nitrogens with zero attached hydrogens (tertiary/aromatic N) is 8. The maximum absolute atomic E-state index is 13.4. The molecular formula is C48H56N10O9. The molecule has 1 atom stereocenters. The number of hydrogen-bond acceptors (Lipinski definition) is 15. The van der Waals surface area contributed by atoms with Crippen LogP contribution in [0.2, 0.25) is 0 Å². The molecule has 6 heterocycles. The van der Waals surface area contributed by atoms with Crippen LogP contribution in [-0.2, 0) is 42.4 Å². The molecular weight excluding hydrogens is 861 g/mol. The Morgan fingerprint density at radius 3 is 2.30 bits per heavy atom. The summed E-state index contributed by atoms with van der Waals surface area (Å²) < 4.78 is 20.4. The number of allylic oxidation sites excluding steroid dienone is 1. The zero-order chi connectivity index (χ0) is 47.1. The molecule has 0 aliphatic carbocycles. The molecule has 4 amide bonds. The van der Waals surface area contributed by atoms with Crippen molar-refractivity contribution in [2.24, 2.45) is 0 Å². The summed E-state index contributed by atoms with van der Waals surface area (Å²) in [6.45, 7) is 14.6. The highest BCUT2D eigenvalue weighted by Gasteiger charge is 2.45. The minimum atomic E-state index is -1.18. The average Bonchev–Trinajstić information content (AvgIpc) is 3.74. The lowest BCUT2D eigenvalue weighted by Crippen LogP contribution is -2.54. The van der Waals surface area contributed by atoms with Crippen molar-refractivity contribution in [3.8, 4) is 5.82 Å². The summed E-state index contributed by atoms with van der Waals surface area (Å²) in [5.74, 6) is -1.28. The highest BCUT2D eigenvalue weighted by atomic mass is 16.5. The average molecular weight is 917 g/mol. The number of aromatic nitrogens is 5. The summed E-state index contributed by atoms with van der Waals surface area (Å²) in [7, 11) is 0. The number of fused-ring (bicyclic) bond motifs is 2. The van der Waals surface area contributed by atoms with E-state index < -0.39 is 35.3 Å². The first-order chi connectivity index (χ1) is 32.4. The van der Waals surface area contributed by atoms with Crippen LogP contribution in [0, 0.1) is 0 Å². The summed E-state index contributed by atoms with van der Waals surface area (Å²) in [6.07, 6.45) is 4.50. The van der Waals surface area contributed by atoms with Crippen LogP contribution in [0.25, 0.3) is 16.9 Å². The minimum absolute atomic E-state index is 0.0764. The monoisotopic (exact) mass is 916 g/mol. The number of carbonyl (C=O) groups excluding carboxylic acids is 4. The summed E-state index contributed by atoms with van der Waals surface area (Å²) >= 11 is 0. The molecule has 2 aromatic carbocycles. The van der Waals surface area contributed by atoms with E-state index in [-0.39, 0.29) is 30.5 Å². The first-order valence-corrected chi connectivity index (χ1v) is 22.6. The molecule has 2 fully saturated rings. The summed E-state index contributed by atoms with van der Waals surface area (Å²) in [5.41, 5.74) is 2.62. The fourth-order valence-corrected chi connectivity index (χ4v) is 8.50. The molecule has 0 bridgehead atoms. The van der Waals surface area contributed by atoms with Crippen LogP contribution in [0.15, 0.2) is 84.3 Å². The number of amides is 4. The number of ether oxygens (including phenoxy) is 3. The van der Waals surface area contributed by atoms with Crippen LogP contribution in [0.5, 0.6) is 0 Å². The lowest BCUT2D eigenvalue weighted by atomic mass is 9.99. The Labute approximate surface area is 387 Å². The number of pyridine rings is 1. The molecule has 19 heteroatoms. The van der Waals surface area contributed by atoms with E-state index >= 15 is 0 Å². The van der Waals surface area contributed by atoms with Crippen molar-refractivity contribution >= 4 is 52.0 Å². The zero-order valence-corrected chi connectivity index (χ0v) is 37.8. The van der Waals surface area contributed by atoms with Crippen LogP contribution in [0.1, 0.15) is 65.1 Å². The van der Waals surface area contributed by atoms with Gasteiger partial charge < -0.3 is 29.5 Å². The van der Waals surface area contributed by atoms with Gasteiger partial charge >= 0.3 is 0 Å². The van der Waals surface area contributed by atoms with Crippen LogP contribution >= 0.6 is 0 Å². The molecule has 3 aliphatic rings. The lowest BCUT2D eigenvalue weighted by Gasteiger charge is -2.36. The number of nitrogens with one attached hydrogen (secondary N) is 2. The third-order valence-corrected chi connectivity index (χ3v) is 12.0. The van der Waals surface area contributed by atoms with Gasteiger partial charge in [-0.25, -0.2) is 19.3 Å². The molecule has 19 nitrogen and oxygen atoms in total. The Bertz CT molecular complexity index is 2690. The number of aliphatic hydroxyl groups is 1. The predicted molar refractivity (Wildman–Crippen MR) is 249 cm³/mol. The molecule has 0 spiro atoms. The summed E-state index contributed by atoms with van der Waals surface area (Å²) in [6, 6.07) is 17.5. The molecule has 352 valence electrons. The lowest BCUT2D eigenvalue weighted by molar-refractivity contribution is -0.136. The molecule has 67 heavy (non-hydrogen) atoms. The van der Waals surface area contributed by atoms with E-state index in [9.17, 15) is 29.1 Å². The van der Waals surface area contributed by atoms with E-state index in [1.807, 2.05) is 18.2 Å². The number of imide groups is 2. The van der Waals surface area contributed by atoms with Crippen molar-refractivity contribution < 1.29 is 38.5 Å². The smallest absolute Gasteiger partial charge is 0.278 e. The van der Waals surface area contributed by atoms with Crippen molar-refractivity contribution in [3.63, 3.8) is 0 Å². The fourth-order valence-electron chi connectivity index (χ4n) is 8.50.